The second-order valence-electron chi connectivity index (χ2n) is 6.16. The van der Waals surface area contributed by atoms with Crippen molar-refractivity contribution in [1.82, 2.24) is 5.32 Å². The molecule has 120 valence electrons. The van der Waals surface area contributed by atoms with Gasteiger partial charge in [-0.3, -0.25) is 4.79 Å². The summed E-state index contributed by atoms with van der Waals surface area (Å²) in [7, 11) is 0. The minimum atomic E-state index is -0.788. The van der Waals surface area contributed by atoms with Gasteiger partial charge in [-0.05, 0) is 48.4 Å². The first-order chi connectivity index (χ1) is 11.1. The highest BCUT2D eigenvalue weighted by Crippen LogP contribution is 2.37. The average molecular weight is 330 g/mol. The van der Waals surface area contributed by atoms with E-state index in [1.807, 2.05) is 42.5 Å². The van der Waals surface area contributed by atoms with Crippen molar-refractivity contribution in [2.24, 2.45) is 0 Å². The number of halogens is 1. The van der Waals surface area contributed by atoms with Gasteiger partial charge in [0, 0.05) is 11.1 Å². The van der Waals surface area contributed by atoms with Crippen molar-refractivity contribution in [3.05, 3.63) is 70.7 Å². The summed E-state index contributed by atoms with van der Waals surface area (Å²) < 4.78 is 0. The molecule has 1 saturated carbocycles. The van der Waals surface area contributed by atoms with Gasteiger partial charge in [0.15, 0.2) is 0 Å². The third-order valence-corrected chi connectivity index (χ3v) is 4.75. The molecule has 23 heavy (non-hydrogen) atoms. The lowest BCUT2D eigenvalue weighted by molar-refractivity contribution is -0.139. The third-order valence-electron chi connectivity index (χ3n) is 4.50. The maximum atomic E-state index is 11.5. The largest absolute Gasteiger partial charge is 0.480 e. The van der Waals surface area contributed by atoms with Crippen LogP contribution in [0.1, 0.15) is 29.9 Å². The zero-order valence-corrected chi connectivity index (χ0v) is 13.5. The Morgan fingerprint density at radius 3 is 2.39 bits per heavy atom. The number of hydrogen-bond acceptors (Lipinski definition) is 2. The molecule has 1 fully saturated rings. The van der Waals surface area contributed by atoms with Crippen LogP contribution in [0.4, 0.5) is 0 Å². The molecule has 0 aliphatic heterocycles. The van der Waals surface area contributed by atoms with E-state index in [2.05, 4.69) is 17.4 Å². The molecule has 0 spiro atoms. The fourth-order valence-electron chi connectivity index (χ4n) is 3.11. The van der Waals surface area contributed by atoms with E-state index in [1.165, 1.54) is 5.56 Å². The highest BCUT2D eigenvalue weighted by Gasteiger charge is 2.33. The molecule has 2 aromatic rings. The Hall–Kier alpha value is -1.84. The number of hydrogen-bond donors (Lipinski definition) is 2. The number of carbonyl (C=O) groups is 1. The lowest BCUT2D eigenvalue weighted by Crippen LogP contribution is -2.49. The molecule has 3 nitrogen and oxygen atoms in total. The standard InChI is InChI=1S/C19H20ClNO2/c20-16-8-6-14(7-9-16)15-11-17(12-15)21-18(19(22)23)10-13-4-2-1-3-5-13/h1-9,15,17-18,21H,10-12H2,(H,22,23)/t15?,17?,18-/m1/s1. The van der Waals surface area contributed by atoms with Crippen LogP contribution in [0, 0.1) is 0 Å². The maximum absolute atomic E-state index is 11.5. The van der Waals surface area contributed by atoms with Gasteiger partial charge in [0.1, 0.15) is 6.04 Å². The molecule has 2 N–H and O–H groups in total. The van der Waals surface area contributed by atoms with Gasteiger partial charge < -0.3 is 10.4 Å². The SMILES string of the molecule is O=C(O)[C@@H](Cc1ccccc1)NC1CC(c2ccc(Cl)cc2)C1. The number of nitrogens with one attached hydrogen (secondary N) is 1. The molecule has 0 saturated heterocycles. The second-order valence-corrected chi connectivity index (χ2v) is 6.60. The van der Waals surface area contributed by atoms with E-state index in [4.69, 9.17) is 11.6 Å². The molecule has 0 radical (unpaired) electrons. The fraction of sp³-hybridized carbons (Fsp3) is 0.316. The molecule has 2 aromatic carbocycles. The molecule has 0 amide bonds. The number of rotatable bonds is 6. The smallest absolute Gasteiger partial charge is 0.321 e. The van der Waals surface area contributed by atoms with Crippen molar-refractivity contribution in [3.8, 4) is 0 Å². The third kappa shape index (κ3) is 4.12. The molecular formula is C19H20ClNO2. The summed E-state index contributed by atoms with van der Waals surface area (Å²) in [5, 5.41) is 13.5. The van der Waals surface area contributed by atoms with E-state index >= 15 is 0 Å². The Bertz CT molecular complexity index is 651. The van der Waals surface area contributed by atoms with Crippen molar-refractivity contribution in [2.45, 2.75) is 37.3 Å². The molecule has 0 unspecified atom stereocenters. The van der Waals surface area contributed by atoms with Crippen molar-refractivity contribution in [2.75, 3.05) is 0 Å². The van der Waals surface area contributed by atoms with Crippen molar-refractivity contribution >= 4 is 17.6 Å². The number of carboxylic acid groups (broad SMARTS) is 1. The highest BCUT2D eigenvalue weighted by atomic mass is 35.5. The molecule has 1 atom stereocenters. The predicted octanol–water partition coefficient (Wildman–Crippen LogP) is 3.87. The number of aliphatic carboxylic acids is 1. The molecule has 0 bridgehead atoms. The average Bonchev–Trinajstić information content (AvgIpc) is 2.51. The summed E-state index contributed by atoms with van der Waals surface area (Å²) in [5.41, 5.74) is 2.32. The lowest BCUT2D eigenvalue weighted by atomic mass is 9.75. The van der Waals surface area contributed by atoms with Crippen LogP contribution >= 0.6 is 11.6 Å². The molecule has 0 heterocycles. The zero-order chi connectivity index (χ0) is 16.2. The van der Waals surface area contributed by atoms with Crippen LogP contribution < -0.4 is 5.32 Å². The Labute approximate surface area is 141 Å². The molecular weight excluding hydrogens is 310 g/mol. The van der Waals surface area contributed by atoms with Gasteiger partial charge in [-0.25, -0.2) is 0 Å². The summed E-state index contributed by atoms with van der Waals surface area (Å²) >= 11 is 5.91. The van der Waals surface area contributed by atoms with Crippen molar-refractivity contribution in [1.29, 1.82) is 0 Å². The van der Waals surface area contributed by atoms with E-state index in [-0.39, 0.29) is 6.04 Å². The zero-order valence-electron chi connectivity index (χ0n) is 12.8. The monoisotopic (exact) mass is 329 g/mol. The van der Waals surface area contributed by atoms with Crippen LogP contribution in [0.25, 0.3) is 0 Å². The topological polar surface area (TPSA) is 49.3 Å². The van der Waals surface area contributed by atoms with Crippen molar-refractivity contribution in [3.63, 3.8) is 0 Å². The Kier molecular flexibility index (Phi) is 4.99. The molecule has 3 rings (SSSR count). The van der Waals surface area contributed by atoms with Crippen LogP contribution in [0.3, 0.4) is 0 Å². The Morgan fingerprint density at radius 1 is 1.13 bits per heavy atom. The van der Waals surface area contributed by atoms with Crippen LogP contribution in [-0.4, -0.2) is 23.2 Å². The maximum Gasteiger partial charge on any atom is 0.321 e. The molecule has 4 heteroatoms. The van der Waals surface area contributed by atoms with E-state index in [0.29, 0.717) is 12.3 Å². The Morgan fingerprint density at radius 2 is 1.78 bits per heavy atom. The highest BCUT2D eigenvalue weighted by molar-refractivity contribution is 6.30. The first kappa shape index (κ1) is 16.0. The van der Waals surface area contributed by atoms with Crippen LogP contribution in [-0.2, 0) is 11.2 Å². The van der Waals surface area contributed by atoms with E-state index in [0.717, 1.165) is 23.4 Å². The fourth-order valence-corrected chi connectivity index (χ4v) is 3.24. The summed E-state index contributed by atoms with van der Waals surface area (Å²) in [5.74, 6) is -0.292. The van der Waals surface area contributed by atoms with Crippen LogP contribution in [0.5, 0.6) is 0 Å². The van der Waals surface area contributed by atoms with E-state index < -0.39 is 12.0 Å². The molecule has 0 aromatic heterocycles. The normalized spacial score (nSPS) is 21.4. The van der Waals surface area contributed by atoms with Gasteiger partial charge in [-0.2, -0.15) is 0 Å². The van der Waals surface area contributed by atoms with Crippen LogP contribution in [0.15, 0.2) is 54.6 Å². The quantitative estimate of drug-likeness (QED) is 0.845. The molecule has 1 aliphatic carbocycles. The van der Waals surface area contributed by atoms with E-state index in [1.54, 1.807) is 0 Å². The van der Waals surface area contributed by atoms with Gasteiger partial charge in [0.25, 0.3) is 0 Å². The van der Waals surface area contributed by atoms with Gasteiger partial charge >= 0.3 is 5.97 Å². The minimum Gasteiger partial charge on any atom is -0.480 e. The van der Waals surface area contributed by atoms with Gasteiger partial charge in [0.2, 0.25) is 0 Å². The van der Waals surface area contributed by atoms with Gasteiger partial charge in [0.05, 0.1) is 0 Å². The predicted molar refractivity (Wildman–Crippen MR) is 91.9 cm³/mol. The number of benzene rings is 2. The summed E-state index contributed by atoms with van der Waals surface area (Å²) in [4.78, 5) is 11.5. The summed E-state index contributed by atoms with van der Waals surface area (Å²) in [6.07, 6.45) is 2.46. The minimum absolute atomic E-state index is 0.264. The first-order valence-corrected chi connectivity index (χ1v) is 8.28. The summed E-state index contributed by atoms with van der Waals surface area (Å²) in [6.45, 7) is 0. The Balaban J connectivity index is 1.54. The number of carboxylic acids is 1. The second kappa shape index (κ2) is 7.16. The van der Waals surface area contributed by atoms with Crippen LogP contribution in [0.2, 0.25) is 5.02 Å². The van der Waals surface area contributed by atoms with Crippen molar-refractivity contribution < 1.29 is 9.90 Å². The summed E-state index contributed by atoms with van der Waals surface area (Å²) in [6, 6.07) is 17.4. The van der Waals surface area contributed by atoms with E-state index in [9.17, 15) is 9.90 Å². The molecule has 1 aliphatic rings. The lowest BCUT2D eigenvalue weighted by Gasteiger charge is -2.38. The first-order valence-electron chi connectivity index (χ1n) is 7.90. The van der Waals surface area contributed by atoms with Gasteiger partial charge in [-0.1, -0.05) is 54.1 Å². The van der Waals surface area contributed by atoms with Gasteiger partial charge in [-0.15, -0.1) is 0 Å².